The van der Waals surface area contributed by atoms with Crippen molar-refractivity contribution in [2.45, 2.75) is 12.8 Å². The number of carbonyl (C=O) groups excluding carboxylic acids is 1. The van der Waals surface area contributed by atoms with Gasteiger partial charge in [0.1, 0.15) is 0 Å². The van der Waals surface area contributed by atoms with Crippen LogP contribution in [0.15, 0.2) is 30.3 Å². The van der Waals surface area contributed by atoms with E-state index in [0.29, 0.717) is 57.8 Å². The molecule has 0 N–H and O–H groups in total. The van der Waals surface area contributed by atoms with Crippen molar-refractivity contribution in [3.8, 4) is 0 Å². The molecule has 23 heavy (non-hydrogen) atoms. The highest BCUT2D eigenvalue weighted by Gasteiger charge is 2.35. The van der Waals surface area contributed by atoms with Gasteiger partial charge in [0.25, 0.3) is 10.2 Å². The van der Waals surface area contributed by atoms with E-state index in [-0.39, 0.29) is 11.7 Å². The fourth-order valence-electron chi connectivity index (χ4n) is 3.13. The summed E-state index contributed by atoms with van der Waals surface area (Å²) in [7, 11) is -3.42. The average Bonchev–Trinajstić information content (AvgIpc) is 2.63. The molecule has 2 aliphatic heterocycles. The second-order valence-electron chi connectivity index (χ2n) is 5.92. The zero-order chi connectivity index (χ0) is 16.3. The number of carbonyl (C=O) groups is 1. The van der Waals surface area contributed by atoms with Gasteiger partial charge in [0.15, 0.2) is 5.78 Å². The Bertz CT molecular complexity index is 633. The van der Waals surface area contributed by atoms with Crippen LogP contribution in [0.1, 0.15) is 23.2 Å². The molecule has 0 spiro atoms. The van der Waals surface area contributed by atoms with Gasteiger partial charge in [-0.05, 0) is 12.8 Å². The number of nitrogens with zero attached hydrogens (tertiary/aromatic N) is 2. The molecule has 0 aliphatic carbocycles. The third-order valence-corrected chi connectivity index (χ3v) is 6.54. The predicted octanol–water partition coefficient (Wildman–Crippen LogP) is 1.16. The van der Waals surface area contributed by atoms with Crippen molar-refractivity contribution in [1.29, 1.82) is 0 Å². The summed E-state index contributed by atoms with van der Waals surface area (Å²) in [6.07, 6.45) is 1.16. The summed E-state index contributed by atoms with van der Waals surface area (Å²) in [4.78, 5) is 12.5. The molecular weight excluding hydrogens is 316 g/mol. The SMILES string of the molecule is O=C(c1ccccc1)C1CCN(S(=O)(=O)N2CCOCC2)CC1. The van der Waals surface area contributed by atoms with E-state index in [2.05, 4.69) is 0 Å². The monoisotopic (exact) mass is 338 g/mol. The molecule has 2 heterocycles. The van der Waals surface area contributed by atoms with Crippen LogP contribution >= 0.6 is 0 Å². The summed E-state index contributed by atoms with van der Waals surface area (Å²) in [5, 5.41) is 0. The van der Waals surface area contributed by atoms with Gasteiger partial charge in [0, 0.05) is 37.7 Å². The maximum Gasteiger partial charge on any atom is 0.282 e. The van der Waals surface area contributed by atoms with Crippen LogP contribution in [0, 0.1) is 5.92 Å². The highest BCUT2D eigenvalue weighted by atomic mass is 32.2. The summed E-state index contributed by atoms with van der Waals surface area (Å²) in [6.45, 7) is 2.52. The van der Waals surface area contributed by atoms with E-state index in [1.165, 1.54) is 8.61 Å². The number of ketones is 1. The molecule has 2 aliphatic rings. The van der Waals surface area contributed by atoms with Crippen LogP contribution in [0.25, 0.3) is 0 Å². The molecule has 2 fully saturated rings. The lowest BCUT2D eigenvalue weighted by atomic mass is 9.90. The van der Waals surface area contributed by atoms with Crippen molar-refractivity contribution in [3.05, 3.63) is 35.9 Å². The minimum Gasteiger partial charge on any atom is -0.379 e. The first-order valence-corrected chi connectivity index (χ1v) is 9.41. The Morgan fingerprint density at radius 1 is 0.957 bits per heavy atom. The topological polar surface area (TPSA) is 66.9 Å². The lowest BCUT2D eigenvalue weighted by Crippen LogP contribution is -2.51. The van der Waals surface area contributed by atoms with Crippen LogP contribution in [0.5, 0.6) is 0 Å². The number of hydrogen-bond acceptors (Lipinski definition) is 4. The molecule has 0 saturated carbocycles. The second-order valence-corrected chi connectivity index (χ2v) is 7.85. The number of piperidine rings is 1. The molecule has 1 aromatic rings. The van der Waals surface area contributed by atoms with Crippen molar-refractivity contribution < 1.29 is 17.9 Å². The maximum atomic E-state index is 12.6. The molecule has 0 aromatic heterocycles. The molecule has 0 unspecified atom stereocenters. The van der Waals surface area contributed by atoms with Crippen molar-refractivity contribution in [1.82, 2.24) is 8.61 Å². The van der Waals surface area contributed by atoms with Gasteiger partial charge in [0.05, 0.1) is 13.2 Å². The van der Waals surface area contributed by atoms with Crippen molar-refractivity contribution in [2.24, 2.45) is 5.92 Å². The lowest BCUT2D eigenvalue weighted by Gasteiger charge is -2.35. The van der Waals surface area contributed by atoms with Crippen LogP contribution in [0.3, 0.4) is 0 Å². The standard InChI is InChI=1S/C16H22N2O4S/c19-16(14-4-2-1-3-5-14)15-6-8-17(9-7-15)23(20,21)18-10-12-22-13-11-18/h1-5,15H,6-13H2. The van der Waals surface area contributed by atoms with Crippen LogP contribution in [0.2, 0.25) is 0 Å². The first-order chi connectivity index (χ1) is 11.1. The molecule has 0 radical (unpaired) electrons. The van der Waals surface area contributed by atoms with E-state index >= 15 is 0 Å². The minimum atomic E-state index is -3.42. The Labute approximate surface area is 137 Å². The smallest absolute Gasteiger partial charge is 0.282 e. The molecule has 126 valence electrons. The Kier molecular flexibility index (Phi) is 5.11. The normalized spacial score (nSPS) is 22.1. The summed E-state index contributed by atoms with van der Waals surface area (Å²) >= 11 is 0. The third-order valence-electron chi connectivity index (χ3n) is 4.51. The van der Waals surface area contributed by atoms with E-state index in [4.69, 9.17) is 4.74 Å². The van der Waals surface area contributed by atoms with Gasteiger partial charge in [-0.15, -0.1) is 0 Å². The Hall–Kier alpha value is -1.28. The fraction of sp³-hybridized carbons (Fsp3) is 0.562. The number of hydrogen-bond donors (Lipinski definition) is 0. The molecule has 2 saturated heterocycles. The Morgan fingerprint density at radius 3 is 2.13 bits per heavy atom. The van der Waals surface area contributed by atoms with E-state index in [0.717, 1.165) is 0 Å². The fourth-order valence-corrected chi connectivity index (χ4v) is 4.74. The zero-order valence-electron chi connectivity index (χ0n) is 13.1. The molecule has 0 amide bonds. The predicted molar refractivity (Wildman–Crippen MR) is 86.4 cm³/mol. The summed E-state index contributed by atoms with van der Waals surface area (Å²) in [5.41, 5.74) is 0.710. The van der Waals surface area contributed by atoms with Gasteiger partial charge in [-0.25, -0.2) is 0 Å². The second kappa shape index (κ2) is 7.09. The average molecular weight is 338 g/mol. The van der Waals surface area contributed by atoms with Gasteiger partial charge in [-0.3, -0.25) is 4.79 Å². The molecule has 0 atom stereocenters. The third kappa shape index (κ3) is 3.63. The number of rotatable bonds is 4. The van der Waals surface area contributed by atoms with Gasteiger partial charge in [0.2, 0.25) is 0 Å². The number of ether oxygens (including phenoxy) is 1. The summed E-state index contributed by atoms with van der Waals surface area (Å²) in [6, 6.07) is 9.23. The van der Waals surface area contributed by atoms with Gasteiger partial charge in [-0.2, -0.15) is 17.0 Å². The molecule has 7 heteroatoms. The molecule has 1 aromatic carbocycles. The maximum absolute atomic E-state index is 12.6. The van der Waals surface area contributed by atoms with Crippen LogP contribution in [0.4, 0.5) is 0 Å². The van der Waals surface area contributed by atoms with Gasteiger partial charge < -0.3 is 4.74 Å². The van der Waals surface area contributed by atoms with Crippen LogP contribution in [-0.2, 0) is 14.9 Å². The lowest BCUT2D eigenvalue weighted by molar-refractivity contribution is 0.0687. The first-order valence-electron chi connectivity index (χ1n) is 8.01. The summed E-state index contributed by atoms with van der Waals surface area (Å²) < 4.78 is 33.4. The largest absolute Gasteiger partial charge is 0.379 e. The van der Waals surface area contributed by atoms with Gasteiger partial charge >= 0.3 is 0 Å². The quantitative estimate of drug-likeness (QED) is 0.773. The van der Waals surface area contributed by atoms with Crippen molar-refractivity contribution in [3.63, 3.8) is 0 Å². The van der Waals surface area contributed by atoms with Crippen LogP contribution < -0.4 is 0 Å². The van der Waals surface area contributed by atoms with E-state index in [9.17, 15) is 13.2 Å². The molecule has 0 bridgehead atoms. The van der Waals surface area contributed by atoms with Crippen molar-refractivity contribution in [2.75, 3.05) is 39.4 Å². The highest BCUT2D eigenvalue weighted by molar-refractivity contribution is 7.86. The first kappa shape index (κ1) is 16.6. The molecule has 3 rings (SSSR count). The van der Waals surface area contributed by atoms with E-state index in [1.54, 1.807) is 0 Å². The molecular formula is C16H22N2O4S. The number of morpholine rings is 1. The zero-order valence-corrected chi connectivity index (χ0v) is 13.9. The van der Waals surface area contributed by atoms with Crippen LogP contribution in [-0.4, -0.2) is 62.2 Å². The Balaban J connectivity index is 1.61. The number of Topliss-reactive ketones (excluding diaryl/α,β-unsaturated/α-hetero) is 1. The Morgan fingerprint density at radius 2 is 1.52 bits per heavy atom. The van der Waals surface area contributed by atoms with E-state index < -0.39 is 10.2 Å². The van der Waals surface area contributed by atoms with Crippen molar-refractivity contribution >= 4 is 16.0 Å². The number of benzene rings is 1. The highest BCUT2D eigenvalue weighted by Crippen LogP contribution is 2.24. The van der Waals surface area contributed by atoms with Gasteiger partial charge in [-0.1, -0.05) is 30.3 Å². The summed E-state index contributed by atoms with van der Waals surface area (Å²) in [5.74, 6) is 0.0301. The van der Waals surface area contributed by atoms with E-state index in [1.807, 2.05) is 30.3 Å². The minimum absolute atomic E-state index is 0.0893. The molecule has 6 nitrogen and oxygen atoms in total.